The second kappa shape index (κ2) is 16.9. The fraction of sp³-hybridized carbons (Fsp3) is 1.00. The Morgan fingerprint density at radius 2 is 1.17 bits per heavy atom. The lowest BCUT2D eigenvalue weighted by Gasteiger charge is -2.45. The lowest BCUT2D eigenvalue weighted by molar-refractivity contribution is -0.508. The summed E-state index contributed by atoms with van der Waals surface area (Å²) in [5.41, 5.74) is 25.6. The highest BCUT2D eigenvalue weighted by molar-refractivity contribution is 7.79. The smallest absolute Gasteiger partial charge is 0.214 e. The molecule has 3 saturated heterocycles. The molecule has 0 aromatic heterocycles. The molecule has 0 radical (unpaired) electrons. The molecule has 0 unspecified atom stereocenters. The minimum atomic E-state index is -5.17. The third kappa shape index (κ3) is 9.67. The van der Waals surface area contributed by atoms with Crippen LogP contribution in [0.1, 0.15) is 6.42 Å². The Kier molecular flexibility index (Phi) is 14.6. The summed E-state index contributed by atoms with van der Waals surface area (Å²) in [4.78, 5) is 0. The van der Waals surface area contributed by atoms with E-state index in [0.717, 1.165) is 0 Å². The highest BCUT2D eigenvalue weighted by atomic mass is 32.3. The van der Waals surface area contributed by atoms with Crippen molar-refractivity contribution >= 4 is 10.4 Å². The van der Waals surface area contributed by atoms with Crippen molar-refractivity contribution in [2.75, 3.05) is 19.8 Å². The van der Waals surface area contributed by atoms with E-state index in [0.29, 0.717) is 0 Å². The zero-order valence-corrected chi connectivity index (χ0v) is 25.8. The number of nitrogens with two attached hydrogens (primary N) is 3. The van der Waals surface area contributed by atoms with E-state index in [9.17, 15) is 40.9 Å². The number of ether oxygens (including phenoxy) is 6. The Bertz CT molecular complexity index is 1070. The highest BCUT2D eigenvalue weighted by Gasteiger charge is 2.55. The summed E-state index contributed by atoms with van der Waals surface area (Å²) in [5, 5.41) is 82.6. The Hall–Kier alpha value is -0.890. The molecular weight excluding hydrogens is 666 g/mol. The van der Waals surface area contributed by atoms with E-state index in [2.05, 4.69) is 11.5 Å². The largest absolute Gasteiger partial charge is 0.759 e. The van der Waals surface area contributed by atoms with Crippen molar-refractivity contribution in [1.29, 1.82) is 0 Å². The van der Waals surface area contributed by atoms with Crippen molar-refractivity contribution in [3.05, 3.63) is 0 Å². The molecule has 19 atom stereocenters. The number of rotatable bonds is 9. The van der Waals surface area contributed by atoms with Crippen molar-refractivity contribution in [2.24, 2.45) is 17.2 Å². The first kappa shape index (κ1) is 40.5. The number of aliphatic hydroxyl groups excluding tert-OH is 8. The Morgan fingerprint density at radius 1 is 0.681 bits per heavy atom. The van der Waals surface area contributed by atoms with Gasteiger partial charge >= 0.3 is 0 Å². The standard InChI is InChI=1S/C23H45N5O14.H2O4S/c24-2-7-13(32)15(34)10(27)21(37-7)41-19-9(4-30)39-23(17(19)36)42-20-12(31)5(25)1-6(26)18(20)40-22-11(28)16(35)14(33)8(3-29)38-22;1-5(2,3)4/h5-23,29-36H,1-4,24-28H2;(H2,1,2,3,4)/t5-,6+,7+,8-,9-,10-,11-,12+,13-,14-,15-,16-,17-,18-,19-,20-,21-,22-,23+;/m1./s1. The minimum absolute atomic E-state index is 0.162. The maximum atomic E-state index is 11.1. The summed E-state index contributed by atoms with van der Waals surface area (Å²) < 4.78 is 68.8. The van der Waals surface area contributed by atoms with E-state index in [1.807, 2.05) is 0 Å². The molecule has 3 heterocycles. The topological polar surface area (TPSA) is 431 Å². The summed E-state index contributed by atoms with van der Waals surface area (Å²) in [6.45, 7) is -1.42. The van der Waals surface area contributed by atoms with Crippen LogP contribution in [0.4, 0.5) is 0 Å². The maximum absolute atomic E-state index is 11.1. The number of quaternary nitrogens is 2. The molecule has 47 heavy (non-hydrogen) atoms. The van der Waals surface area contributed by atoms with Crippen LogP contribution in [-0.4, -0.2) is 194 Å². The predicted octanol–water partition coefficient (Wildman–Crippen LogP) is -11.6. The molecule has 24 heteroatoms. The number of hydrogen-bond donors (Lipinski definition) is 13. The molecule has 3 aliphatic heterocycles. The van der Waals surface area contributed by atoms with Gasteiger partial charge in [-0.15, -0.1) is 0 Å². The van der Waals surface area contributed by atoms with Crippen LogP contribution in [-0.2, 0) is 38.8 Å². The van der Waals surface area contributed by atoms with Crippen molar-refractivity contribution in [3.63, 3.8) is 0 Å². The van der Waals surface area contributed by atoms with Crippen LogP contribution in [0.2, 0.25) is 0 Å². The van der Waals surface area contributed by atoms with Gasteiger partial charge in [-0.1, -0.05) is 0 Å². The fourth-order valence-corrected chi connectivity index (χ4v) is 5.80. The molecule has 23 nitrogen and oxygen atoms in total. The first-order chi connectivity index (χ1) is 21.8. The van der Waals surface area contributed by atoms with Crippen LogP contribution in [0.3, 0.4) is 0 Å². The van der Waals surface area contributed by atoms with Gasteiger partial charge in [0.25, 0.3) is 0 Å². The van der Waals surface area contributed by atoms with Gasteiger partial charge in [0.1, 0.15) is 79.3 Å². The van der Waals surface area contributed by atoms with Gasteiger partial charge in [0.2, 0.25) is 6.29 Å². The van der Waals surface area contributed by atoms with Gasteiger partial charge in [-0.05, 0) is 0 Å². The van der Waals surface area contributed by atoms with Crippen molar-refractivity contribution in [3.8, 4) is 0 Å². The molecule has 1 aliphatic carbocycles. The normalized spacial score (nSPS) is 49.3. The molecule has 0 aromatic rings. The average molecular weight is 714 g/mol. The molecular formula is C23H47N5O18S. The Balaban J connectivity index is 0.00000111. The van der Waals surface area contributed by atoms with E-state index >= 15 is 0 Å². The molecule has 0 bridgehead atoms. The first-order valence-corrected chi connectivity index (χ1v) is 15.9. The van der Waals surface area contributed by atoms with Gasteiger partial charge in [0.05, 0.1) is 19.3 Å². The zero-order chi connectivity index (χ0) is 35.5. The van der Waals surface area contributed by atoms with Gasteiger partial charge in [-0.3, -0.25) is 8.42 Å². The molecule has 20 N–H and O–H groups in total. The lowest BCUT2D eigenvalue weighted by atomic mass is 9.84. The number of aliphatic hydroxyl groups is 8. The van der Waals surface area contributed by atoms with Crippen LogP contribution < -0.4 is 28.7 Å². The van der Waals surface area contributed by atoms with E-state index in [4.69, 9.17) is 63.1 Å². The summed E-state index contributed by atoms with van der Waals surface area (Å²) >= 11 is 0. The summed E-state index contributed by atoms with van der Waals surface area (Å²) in [7, 11) is -5.17. The first-order valence-electron chi connectivity index (χ1n) is 14.6. The Morgan fingerprint density at radius 3 is 1.72 bits per heavy atom. The van der Waals surface area contributed by atoms with E-state index in [1.165, 1.54) is 0 Å². The summed E-state index contributed by atoms with van der Waals surface area (Å²) in [6, 6.07) is -3.66. The average Bonchev–Trinajstić information content (AvgIpc) is 3.30. The van der Waals surface area contributed by atoms with Gasteiger partial charge < -0.3 is 107 Å². The van der Waals surface area contributed by atoms with Crippen LogP contribution in [0.25, 0.3) is 0 Å². The van der Waals surface area contributed by atoms with E-state index in [-0.39, 0.29) is 13.0 Å². The molecule has 278 valence electrons. The molecule has 1 saturated carbocycles. The maximum Gasteiger partial charge on any atom is 0.214 e. The minimum Gasteiger partial charge on any atom is -0.759 e. The highest BCUT2D eigenvalue weighted by Crippen LogP contribution is 2.34. The molecule has 0 aromatic carbocycles. The van der Waals surface area contributed by atoms with Gasteiger partial charge in [-0.2, -0.15) is 0 Å². The van der Waals surface area contributed by atoms with Crippen molar-refractivity contribution < 1.29 is 98.3 Å². The second-order valence-electron chi connectivity index (χ2n) is 11.8. The SMILES string of the molecule is NC[C@@H]1O[C@H](O[C@H]2[C@@H](O)[C@H](O[C@@H]3[C@@H](O)[C@H]([NH3+])C[C@H](N)[C@H]3O[C@H]3O[C@H](CO)[C@@H](O)[C@H](O)[C@H]3[NH3+])O[C@@H]2CO)[C@H](N)[C@@H](O)[C@@H]1O.O=S(=O)([O-])[O-]. The lowest BCUT2D eigenvalue weighted by Crippen LogP contribution is -2.80. The molecule has 0 amide bonds. The quantitative estimate of drug-likeness (QED) is 0.0779. The molecule has 0 spiro atoms. The zero-order valence-electron chi connectivity index (χ0n) is 25.0. The predicted molar refractivity (Wildman–Crippen MR) is 144 cm³/mol. The van der Waals surface area contributed by atoms with Crippen molar-refractivity contribution in [1.82, 2.24) is 0 Å². The van der Waals surface area contributed by atoms with Crippen LogP contribution in [0.5, 0.6) is 0 Å². The molecule has 4 fully saturated rings. The van der Waals surface area contributed by atoms with Crippen LogP contribution in [0, 0.1) is 0 Å². The van der Waals surface area contributed by atoms with Crippen molar-refractivity contribution in [2.45, 2.75) is 123 Å². The monoisotopic (exact) mass is 713 g/mol. The Labute approximate surface area is 268 Å². The van der Waals surface area contributed by atoms with E-state index in [1.54, 1.807) is 0 Å². The third-order valence-corrected chi connectivity index (χ3v) is 8.47. The van der Waals surface area contributed by atoms with Crippen LogP contribution >= 0.6 is 0 Å². The molecule has 4 aliphatic rings. The third-order valence-electron chi connectivity index (χ3n) is 8.47. The van der Waals surface area contributed by atoms with Gasteiger partial charge in [0.15, 0.2) is 18.6 Å². The van der Waals surface area contributed by atoms with Crippen LogP contribution in [0.15, 0.2) is 0 Å². The summed E-state index contributed by atoms with van der Waals surface area (Å²) in [6.07, 6.45) is -19.5. The second-order valence-corrected chi connectivity index (χ2v) is 12.6. The summed E-state index contributed by atoms with van der Waals surface area (Å²) in [5.74, 6) is 0. The van der Waals surface area contributed by atoms with E-state index < -0.39 is 140 Å². The number of hydrogen-bond acceptors (Lipinski definition) is 21. The van der Waals surface area contributed by atoms with Gasteiger partial charge in [-0.25, -0.2) is 0 Å². The van der Waals surface area contributed by atoms with Gasteiger partial charge in [0, 0.05) is 29.4 Å². The molecule has 4 rings (SSSR count). The fourth-order valence-electron chi connectivity index (χ4n) is 5.80.